The largest absolute Gasteiger partial charge is 0.476 e. The number of ether oxygens (including phenoxy) is 4. The smallest absolute Gasteiger partial charge is 0.188 e. The van der Waals surface area contributed by atoms with E-state index >= 15 is 0 Å². The predicted octanol–water partition coefficient (Wildman–Crippen LogP) is 7.75. The molecule has 0 aromatic heterocycles. The highest BCUT2D eigenvalue weighted by Crippen LogP contribution is 2.49. The first-order valence-corrected chi connectivity index (χ1v) is 15.9. The van der Waals surface area contributed by atoms with Crippen LogP contribution in [0, 0.1) is 29.6 Å². The molecule has 8 heteroatoms. The van der Waals surface area contributed by atoms with Crippen LogP contribution in [-0.2, 0) is 28.7 Å². The second kappa shape index (κ2) is 20.0. The summed E-state index contributed by atoms with van der Waals surface area (Å²) in [6.07, 6.45) is 20.9. The van der Waals surface area contributed by atoms with Crippen LogP contribution in [0.25, 0.3) is 0 Å². The summed E-state index contributed by atoms with van der Waals surface area (Å²) in [7, 11) is 0. The van der Waals surface area contributed by atoms with Gasteiger partial charge in [0.05, 0.1) is 25.1 Å². The third-order valence-corrected chi connectivity index (χ3v) is 9.85. The highest BCUT2D eigenvalue weighted by Gasteiger charge is 2.40. The number of hydrogen-bond donors (Lipinski definition) is 2. The minimum Gasteiger partial charge on any atom is -0.476 e. The fourth-order valence-electron chi connectivity index (χ4n) is 7.50. The fourth-order valence-corrected chi connectivity index (χ4v) is 7.50. The summed E-state index contributed by atoms with van der Waals surface area (Å²) in [6.45, 7) is 9.19. The quantitative estimate of drug-likeness (QED) is 0.0362. The molecule has 3 saturated carbocycles. The summed E-state index contributed by atoms with van der Waals surface area (Å²) in [5.74, 6) is 3.79. The Kier molecular flexibility index (Phi) is 16.8. The van der Waals surface area contributed by atoms with E-state index in [9.17, 15) is 5.26 Å². The molecule has 6 unspecified atom stereocenters. The Bertz CT molecular complexity index is 667. The molecule has 40 heavy (non-hydrogen) atoms. The standard InChI is InChI=1S/C32H56O8/c1-3-30(39-33)9-5-6-10-32(40-34)29-14-13-27-21-26(11-12-28(27)22-29)25-15-17-31(18-16-25)38-24-37-20-8-7-19-36-23-35-4-2/h3-4,25-34H,1-2,5-24H2. The molecule has 0 spiro atoms. The lowest BCUT2D eigenvalue weighted by molar-refractivity contribution is -0.295. The summed E-state index contributed by atoms with van der Waals surface area (Å²) in [6, 6.07) is 0. The summed E-state index contributed by atoms with van der Waals surface area (Å²) < 4.78 is 21.9. The average molecular weight is 569 g/mol. The third-order valence-electron chi connectivity index (χ3n) is 9.85. The van der Waals surface area contributed by atoms with E-state index in [0.29, 0.717) is 32.0 Å². The van der Waals surface area contributed by atoms with E-state index in [-0.39, 0.29) is 19.0 Å². The maximum atomic E-state index is 9.63. The molecule has 0 aromatic rings. The molecule has 3 fully saturated rings. The fraction of sp³-hybridized carbons (Fsp3) is 0.875. The van der Waals surface area contributed by atoms with Crippen LogP contribution in [0.2, 0.25) is 0 Å². The van der Waals surface area contributed by atoms with Crippen molar-refractivity contribution in [2.75, 3.05) is 26.8 Å². The molecule has 0 aromatic carbocycles. The third kappa shape index (κ3) is 11.7. The molecule has 3 rings (SSSR count). The van der Waals surface area contributed by atoms with Gasteiger partial charge in [-0.3, -0.25) is 10.5 Å². The zero-order chi connectivity index (χ0) is 28.4. The normalized spacial score (nSPS) is 30.2. The van der Waals surface area contributed by atoms with Gasteiger partial charge in [0.15, 0.2) is 6.79 Å². The lowest BCUT2D eigenvalue weighted by atomic mass is 9.60. The van der Waals surface area contributed by atoms with E-state index in [1.165, 1.54) is 51.2 Å². The van der Waals surface area contributed by atoms with Crippen molar-refractivity contribution in [3.63, 3.8) is 0 Å². The van der Waals surface area contributed by atoms with Crippen molar-refractivity contribution in [1.29, 1.82) is 0 Å². The molecule has 0 aliphatic heterocycles. The Morgan fingerprint density at radius 1 is 0.675 bits per heavy atom. The summed E-state index contributed by atoms with van der Waals surface area (Å²) in [5, 5.41) is 18.5. The Morgan fingerprint density at radius 3 is 1.98 bits per heavy atom. The molecule has 0 radical (unpaired) electrons. The molecule has 0 amide bonds. The molecule has 0 bridgehead atoms. The van der Waals surface area contributed by atoms with E-state index < -0.39 is 0 Å². The second-order valence-corrected chi connectivity index (χ2v) is 12.3. The zero-order valence-corrected chi connectivity index (χ0v) is 24.7. The second-order valence-electron chi connectivity index (χ2n) is 12.3. The van der Waals surface area contributed by atoms with Gasteiger partial charge in [-0.1, -0.05) is 25.5 Å². The Hall–Kier alpha value is -1.00. The molecule has 6 atom stereocenters. The maximum absolute atomic E-state index is 9.63. The Labute approximate surface area is 242 Å². The van der Waals surface area contributed by atoms with Gasteiger partial charge >= 0.3 is 0 Å². The van der Waals surface area contributed by atoms with Crippen molar-refractivity contribution in [2.24, 2.45) is 29.6 Å². The minimum atomic E-state index is -0.314. The molecular weight excluding hydrogens is 512 g/mol. The van der Waals surface area contributed by atoms with Crippen molar-refractivity contribution in [1.82, 2.24) is 0 Å². The number of unbranched alkanes of at least 4 members (excludes halogenated alkanes) is 2. The van der Waals surface area contributed by atoms with E-state index in [1.54, 1.807) is 6.08 Å². The van der Waals surface area contributed by atoms with Crippen LogP contribution in [0.15, 0.2) is 25.5 Å². The van der Waals surface area contributed by atoms with Crippen molar-refractivity contribution in [3.8, 4) is 0 Å². The van der Waals surface area contributed by atoms with Gasteiger partial charge < -0.3 is 18.9 Å². The van der Waals surface area contributed by atoms with Gasteiger partial charge in [0.1, 0.15) is 12.9 Å². The molecule has 3 aliphatic rings. The average Bonchev–Trinajstić information content (AvgIpc) is 3.00. The molecule has 232 valence electrons. The SMILES string of the molecule is C=COCOCCCCOCOC1CCC(C2CCC3CC(C(CCCCC(C=C)OO)OO)CCC3C2)CC1. The topological polar surface area (TPSA) is 95.8 Å². The highest BCUT2D eigenvalue weighted by atomic mass is 17.1. The van der Waals surface area contributed by atoms with Crippen molar-refractivity contribution in [3.05, 3.63) is 25.5 Å². The first-order chi connectivity index (χ1) is 19.7. The maximum Gasteiger partial charge on any atom is 0.188 e. The molecule has 8 nitrogen and oxygen atoms in total. The van der Waals surface area contributed by atoms with Gasteiger partial charge in [0.2, 0.25) is 0 Å². The van der Waals surface area contributed by atoms with Crippen LogP contribution in [0.5, 0.6) is 0 Å². The van der Waals surface area contributed by atoms with Gasteiger partial charge in [0, 0.05) is 6.61 Å². The van der Waals surface area contributed by atoms with Crippen molar-refractivity contribution in [2.45, 2.75) is 121 Å². The van der Waals surface area contributed by atoms with E-state index in [2.05, 4.69) is 18.0 Å². The van der Waals surface area contributed by atoms with Gasteiger partial charge in [-0.15, -0.1) is 6.58 Å². The molecular formula is C32H56O8. The number of hydrogen-bond acceptors (Lipinski definition) is 8. The highest BCUT2D eigenvalue weighted by molar-refractivity contribution is 4.91. The van der Waals surface area contributed by atoms with Crippen LogP contribution in [0.4, 0.5) is 0 Å². The lowest BCUT2D eigenvalue weighted by Gasteiger charge is -2.46. The Morgan fingerprint density at radius 2 is 1.30 bits per heavy atom. The van der Waals surface area contributed by atoms with Gasteiger partial charge in [-0.05, 0) is 119 Å². The van der Waals surface area contributed by atoms with Crippen LogP contribution in [0.3, 0.4) is 0 Å². The molecule has 0 heterocycles. The van der Waals surface area contributed by atoms with E-state index in [0.717, 1.165) is 81.5 Å². The van der Waals surface area contributed by atoms with Gasteiger partial charge in [0.25, 0.3) is 0 Å². The van der Waals surface area contributed by atoms with Gasteiger partial charge in [-0.2, -0.15) is 0 Å². The van der Waals surface area contributed by atoms with Crippen LogP contribution >= 0.6 is 0 Å². The van der Waals surface area contributed by atoms with Crippen LogP contribution in [-0.4, -0.2) is 55.6 Å². The molecule has 2 N–H and O–H groups in total. The number of rotatable bonds is 21. The first kappa shape index (κ1) is 33.5. The zero-order valence-electron chi connectivity index (χ0n) is 24.7. The van der Waals surface area contributed by atoms with E-state index in [1.807, 2.05) is 0 Å². The van der Waals surface area contributed by atoms with Crippen molar-refractivity contribution >= 4 is 0 Å². The van der Waals surface area contributed by atoms with Crippen LogP contribution < -0.4 is 0 Å². The summed E-state index contributed by atoms with van der Waals surface area (Å²) >= 11 is 0. The first-order valence-electron chi connectivity index (χ1n) is 15.9. The molecule has 3 aliphatic carbocycles. The Balaban J connectivity index is 1.25. The number of fused-ring (bicyclic) bond motifs is 1. The monoisotopic (exact) mass is 568 g/mol. The van der Waals surface area contributed by atoms with Crippen LogP contribution in [0.1, 0.15) is 103 Å². The van der Waals surface area contributed by atoms with Gasteiger partial charge in [-0.25, -0.2) is 9.78 Å². The minimum absolute atomic E-state index is 0.0772. The predicted molar refractivity (Wildman–Crippen MR) is 154 cm³/mol. The summed E-state index contributed by atoms with van der Waals surface area (Å²) in [4.78, 5) is 9.38. The van der Waals surface area contributed by atoms with E-state index in [4.69, 9.17) is 29.1 Å². The molecule has 0 saturated heterocycles. The van der Waals surface area contributed by atoms with Crippen molar-refractivity contribution < 1.29 is 39.2 Å². The lowest BCUT2D eigenvalue weighted by Crippen LogP contribution is -2.38. The summed E-state index contributed by atoms with van der Waals surface area (Å²) in [5.41, 5.74) is 0.